The molecule has 32 heavy (non-hydrogen) atoms. The molecule has 5 rings (SSSR count). The van der Waals surface area contributed by atoms with Crippen molar-refractivity contribution in [2.45, 2.75) is 37.4 Å². The fourth-order valence-corrected chi connectivity index (χ4v) is 5.69. The molecular formula is C24H24F4N2O2. The maximum absolute atomic E-state index is 13.9. The third kappa shape index (κ3) is 3.64. The van der Waals surface area contributed by atoms with Crippen LogP contribution in [0.25, 0.3) is 0 Å². The van der Waals surface area contributed by atoms with Gasteiger partial charge in [-0.3, -0.25) is 9.69 Å². The van der Waals surface area contributed by atoms with Crippen LogP contribution in [0.3, 0.4) is 0 Å². The Bertz CT molecular complexity index is 1040. The number of alkyl halides is 3. The highest BCUT2D eigenvalue weighted by Gasteiger charge is 2.55. The van der Waals surface area contributed by atoms with Crippen molar-refractivity contribution in [2.75, 3.05) is 26.2 Å². The molecule has 1 aliphatic carbocycles. The van der Waals surface area contributed by atoms with Gasteiger partial charge in [-0.1, -0.05) is 18.2 Å². The van der Waals surface area contributed by atoms with Crippen LogP contribution in [-0.2, 0) is 6.18 Å². The molecule has 1 atom stereocenters. The predicted molar refractivity (Wildman–Crippen MR) is 110 cm³/mol. The van der Waals surface area contributed by atoms with Crippen LogP contribution in [0.1, 0.15) is 46.7 Å². The van der Waals surface area contributed by atoms with Gasteiger partial charge >= 0.3 is 6.18 Å². The van der Waals surface area contributed by atoms with Gasteiger partial charge in [-0.2, -0.15) is 13.2 Å². The SMILES string of the molecule is O=C(c1cc(O)ccc1F)N1CC2(CC(N3CCC(c4ccccc4C(F)(F)F)C3)C2)C1. The molecule has 1 N–H and O–H groups in total. The van der Waals surface area contributed by atoms with Crippen molar-refractivity contribution < 1.29 is 27.5 Å². The summed E-state index contributed by atoms with van der Waals surface area (Å²) in [5.74, 6) is -1.35. The molecule has 2 saturated heterocycles. The van der Waals surface area contributed by atoms with Crippen LogP contribution in [0.15, 0.2) is 42.5 Å². The number of aromatic hydroxyl groups is 1. The maximum Gasteiger partial charge on any atom is 0.416 e. The fraction of sp³-hybridized carbons (Fsp3) is 0.458. The molecule has 170 valence electrons. The van der Waals surface area contributed by atoms with Gasteiger partial charge in [-0.05, 0) is 61.6 Å². The van der Waals surface area contributed by atoms with Crippen LogP contribution in [0.5, 0.6) is 5.75 Å². The standard InChI is InChI=1S/C24H24F4N2O2/c25-21-6-5-17(31)9-19(21)22(32)30-13-23(14-30)10-16(11-23)29-8-7-15(12-29)18-3-1-2-4-20(18)24(26,27)28/h1-6,9,15-16,31H,7-8,10-14H2. The van der Waals surface area contributed by atoms with Crippen molar-refractivity contribution in [3.8, 4) is 5.75 Å². The van der Waals surface area contributed by atoms with Gasteiger partial charge in [-0.15, -0.1) is 0 Å². The topological polar surface area (TPSA) is 43.8 Å². The second-order valence-corrected chi connectivity index (χ2v) is 9.45. The van der Waals surface area contributed by atoms with E-state index in [9.17, 15) is 27.5 Å². The second kappa shape index (κ2) is 7.47. The molecule has 8 heteroatoms. The molecule has 0 aromatic heterocycles. The highest BCUT2D eigenvalue weighted by molar-refractivity contribution is 5.95. The Morgan fingerprint density at radius 1 is 1.09 bits per heavy atom. The Hall–Kier alpha value is -2.61. The molecule has 1 spiro atoms. The number of halogens is 4. The van der Waals surface area contributed by atoms with Crippen LogP contribution in [0, 0.1) is 11.2 Å². The van der Waals surface area contributed by atoms with Gasteiger partial charge in [0.25, 0.3) is 5.91 Å². The van der Waals surface area contributed by atoms with Crippen molar-refractivity contribution in [3.05, 3.63) is 65.0 Å². The Labute approximate surface area is 183 Å². The van der Waals surface area contributed by atoms with Gasteiger partial charge in [-0.25, -0.2) is 4.39 Å². The summed E-state index contributed by atoms with van der Waals surface area (Å²) < 4.78 is 54.1. The lowest BCUT2D eigenvalue weighted by Crippen LogP contribution is -2.67. The first-order valence-electron chi connectivity index (χ1n) is 10.8. The minimum Gasteiger partial charge on any atom is -0.508 e. The number of phenols is 1. The van der Waals surface area contributed by atoms with Crippen molar-refractivity contribution in [2.24, 2.45) is 5.41 Å². The summed E-state index contributed by atoms with van der Waals surface area (Å²) in [5, 5.41) is 9.53. The van der Waals surface area contributed by atoms with E-state index in [0.717, 1.165) is 37.6 Å². The Morgan fingerprint density at radius 2 is 1.81 bits per heavy atom. The lowest BCUT2D eigenvalue weighted by Gasteiger charge is -2.60. The molecule has 0 radical (unpaired) electrons. The number of phenolic OH excluding ortho intramolecular Hbond substituents is 1. The first kappa shape index (κ1) is 21.2. The van der Waals surface area contributed by atoms with E-state index >= 15 is 0 Å². The van der Waals surface area contributed by atoms with Gasteiger partial charge in [0.15, 0.2) is 0 Å². The summed E-state index contributed by atoms with van der Waals surface area (Å²) in [6.07, 6.45) is -1.85. The smallest absolute Gasteiger partial charge is 0.416 e. The van der Waals surface area contributed by atoms with Gasteiger partial charge in [0.2, 0.25) is 0 Å². The minimum absolute atomic E-state index is 0.0234. The van der Waals surface area contributed by atoms with E-state index in [-0.39, 0.29) is 22.6 Å². The van der Waals surface area contributed by atoms with E-state index in [2.05, 4.69) is 4.90 Å². The van der Waals surface area contributed by atoms with Crippen LogP contribution >= 0.6 is 0 Å². The second-order valence-electron chi connectivity index (χ2n) is 9.45. The fourth-order valence-electron chi connectivity index (χ4n) is 5.69. The largest absolute Gasteiger partial charge is 0.508 e. The van der Waals surface area contributed by atoms with Gasteiger partial charge < -0.3 is 10.0 Å². The van der Waals surface area contributed by atoms with Gasteiger partial charge in [0, 0.05) is 31.1 Å². The Kier molecular flexibility index (Phi) is 4.96. The van der Waals surface area contributed by atoms with Crippen molar-refractivity contribution in [1.29, 1.82) is 0 Å². The van der Waals surface area contributed by atoms with E-state index in [1.165, 1.54) is 12.1 Å². The third-order valence-corrected chi connectivity index (χ3v) is 7.30. The van der Waals surface area contributed by atoms with E-state index in [0.29, 0.717) is 37.7 Å². The number of rotatable bonds is 3. The zero-order valence-corrected chi connectivity index (χ0v) is 17.4. The summed E-state index contributed by atoms with van der Waals surface area (Å²) in [4.78, 5) is 16.4. The van der Waals surface area contributed by atoms with E-state index in [4.69, 9.17) is 0 Å². The average Bonchev–Trinajstić information content (AvgIpc) is 3.16. The van der Waals surface area contributed by atoms with E-state index in [1.807, 2.05) is 0 Å². The zero-order chi connectivity index (χ0) is 22.7. The monoisotopic (exact) mass is 448 g/mol. The lowest BCUT2D eigenvalue weighted by atomic mass is 9.60. The molecule has 0 bridgehead atoms. The summed E-state index contributed by atoms with van der Waals surface area (Å²) in [6, 6.07) is 9.60. The molecule has 1 amide bonds. The van der Waals surface area contributed by atoms with Crippen LogP contribution in [0.2, 0.25) is 0 Å². The molecular weight excluding hydrogens is 424 g/mol. The number of amides is 1. The van der Waals surface area contributed by atoms with Crippen LogP contribution < -0.4 is 0 Å². The molecule has 4 nitrogen and oxygen atoms in total. The molecule has 1 unspecified atom stereocenters. The quantitative estimate of drug-likeness (QED) is 0.696. The van der Waals surface area contributed by atoms with E-state index in [1.54, 1.807) is 17.0 Å². The van der Waals surface area contributed by atoms with Crippen LogP contribution in [0.4, 0.5) is 17.6 Å². The Balaban J connectivity index is 1.17. The summed E-state index contributed by atoms with van der Waals surface area (Å²) in [7, 11) is 0. The number of carbonyl (C=O) groups is 1. The lowest BCUT2D eigenvalue weighted by molar-refractivity contribution is -0.138. The molecule has 3 aliphatic rings. The van der Waals surface area contributed by atoms with Crippen molar-refractivity contribution >= 4 is 5.91 Å². The number of carbonyl (C=O) groups excluding carboxylic acids is 1. The molecule has 2 aliphatic heterocycles. The normalized spacial score (nSPS) is 23.2. The number of nitrogens with zero attached hydrogens (tertiary/aromatic N) is 2. The molecule has 3 fully saturated rings. The first-order chi connectivity index (χ1) is 15.2. The van der Waals surface area contributed by atoms with Crippen molar-refractivity contribution in [3.63, 3.8) is 0 Å². The Morgan fingerprint density at radius 3 is 2.53 bits per heavy atom. The van der Waals surface area contributed by atoms with Gasteiger partial charge in [0.05, 0.1) is 11.1 Å². The number of benzene rings is 2. The molecule has 1 saturated carbocycles. The van der Waals surface area contributed by atoms with Gasteiger partial charge in [0.1, 0.15) is 11.6 Å². The zero-order valence-electron chi connectivity index (χ0n) is 17.4. The molecule has 2 aromatic carbocycles. The highest BCUT2D eigenvalue weighted by Crippen LogP contribution is 2.52. The predicted octanol–water partition coefficient (Wildman–Crippen LogP) is 4.64. The molecule has 2 heterocycles. The maximum atomic E-state index is 13.9. The third-order valence-electron chi connectivity index (χ3n) is 7.30. The van der Waals surface area contributed by atoms with Crippen molar-refractivity contribution in [1.82, 2.24) is 9.80 Å². The number of hydrogen-bond donors (Lipinski definition) is 1. The van der Waals surface area contributed by atoms with E-state index < -0.39 is 23.5 Å². The summed E-state index contributed by atoms with van der Waals surface area (Å²) in [6.45, 7) is 2.48. The minimum atomic E-state index is -4.35. The summed E-state index contributed by atoms with van der Waals surface area (Å²) in [5.41, 5.74) is -0.258. The molecule has 2 aromatic rings. The number of likely N-dealkylation sites (tertiary alicyclic amines) is 2. The van der Waals surface area contributed by atoms with Crippen LogP contribution in [-0.4, -0.2) is 53.0 Å². The summed E-state index contributed by atoms with van der Waals surface area (Å²) >= 11 is 0. The first-order valence-corrected chi connectivity index (χ1v) is 10.8. The number of hydrogen-bond acceptors (Lipinski definition) is 3. The average molecular weight is 448 g/mol. The highest BCUT2D eigenvalue weighted by atomic mass is 19.4.